The van der Waals surface area contributed by atoms with Crippen LogP contribution in [-0.2, 0) is 9.59 Å². The second-order valence-electron chi connectivity index (χ2n) is 3.31. The second-order valence-corrected chi connectivity index (χ2v) is 3.31. The molecule has 0 unspecified atom stereocenters. The Morgan fingerprint density at radius 2 is 1.56 bits per heavy atom. The van der Waals surface area contributed by atoms with Crippen molar-refractivity contribution in [2.45, 2.75) is 0 Å². The van der Waals surface area contributed by atoms with Crippen LogP contribution in [0, 0.1) is 0 Å². The predicted molar refractivity (Wildman–Crippen MR) is 56.7 cm³/mol. The van der Waals surface area contributed by atoms with E-state index in [9.17, 15) is 19.8 Å². The van der Waals surface area contributed by atoms with Gasteiger partial charge in [-0.3, -0.25) is 9.59 Å². The first-order chi connectivity index (χ1) is 7.61. The van der Waals surface area contributed by atoms with Crippen molar-refractivity contribution in [3.05, 3.63) is 53.5 Å². The first-order valence-corrected chi connectivity index (χ1v) is 4.59. The maximum Gasteiger partial charge on any atom is 0.268 e. The molecule has 0 bridgehead atoms. The fourth-order valence-electron chi connectivity index (χ4n) is 1.50. The number of rotatable bonds is 1. The molecule has 0 fully saturated rings. The Bertz CT molecular complexity index is 523. The molecule has 1 aromatic carbocycles. The summed E-state index contributed by atoms with van der Waals surface area (Å²) in [6, 6.07) is 8.41. The Kier molecular flexibility index (Phi) is 2.32. The zero-order valence-electron chi connectivity index (χ0n) is 8.18. The van der Waals surface area contributed by atoms with E-state index >= 15 is 0 Å². The third-order valence-corrected chi connectivity index (χ3v) is 2.26. The van der Waals surface area contributed by atoms with Crippen molar-refractivity contribution in [2.24, 2.45) is 0 Å². The summed E-state index contributed by atoms with van der Waals surface area (Å²) in [5, 5.41) is 19.1. The van der Waals surface area contributed by atoms with E-state index in [2.05, 4.69) is 0 Å². The van der Waals surface area contributed by atoms with E-state index in [0.717, 1.165) is 6.08 Å². The average molecular weight is 216 g/mol. The molecule has 1 aromatic rings. The van der Waals surface area contributed by atoms with Gasteiger partial charge in [0.25, 0.3) is 5.78 Å². The van der Waals surface area contributed by atoms with Crippen molar-refractivity contribution in [2.75, 3.05) is 0 Å². The highest BCUT2D eigenvalue weighted by molar-refractivity contribution is 6.49. The largest absolute Gasteiger partial charge is 0.507 e. The monoisotopic (exact) mass is 216 g/mol. The average Bonchev–Trinajstić information content (AvgIpc) is 2.28. The molecule has 0 saturated carbocycles. The predicted octanol–water partition coefficient (Wildman–Crippen LogP) is 1.55. The molecule has 2 N–H and O–H groups in total. The highest BCUT2D eigenvalue weighted by Crippen LogP contribution is 2.27. The van der Waals surface area contributed by atoms with Gasteiger partial charge in [-0.25, -0.2) is 0 Å². The van der Waals surface area contributed by atoms with Crippen LogP contribution in [0.5, 0.6) is 0 Å². The Morgan fingerprint density at radius 3 is 2.19 bits per heavy atom. The minimum absolute atomic E-state index is 0.00907. The van der Waals surface area contributed by atoms with Gasteiger partial charge in [-0.2, -0.15) is 0 Å². The molecule has 0 heterocycles. The molecule has 1 aliphatic rings. The van der Waals surface area contributed by atoms with Crippen LogP contribution in [0.2, 0.25) is 0 Å². The number of benzene rings is 1. The van der Waals surface area contributed by atoms with Crippen molar-refractivity contribution in [1.82, 2.24) is 0 Å². The molecule has 16 heavy (non-hydrogen) atoms. The molecule has 0 amide bonds. The van der Waals surface area contributed by atoms with E-state index in [1.165, 1.54) is 0 Å². The molecular weight excluding hydrogens is 208 g/mol. The van der Waals surface area contributed by atoms with E-state index in [0.29, 0.717) is 5.56 Å². The summed E-state index contributed by atoms with van der Waals surface area (Å²) in [7, 11) is 0. The van der Waals surface area contributed by atoms with Gasteiger partial charge in [0.05, 0.1) is 5.57 Å². The number of Topliss-reactive ketones (excluding diaryl/α,β-unsaturated/α-hetero) is 1. The fourth-order valence-corrected chi connectivity index (χ4v) is 1.50. The number of allylic oxidation sites excluding steroid dienone is 3. The lowest BCUT2D eigenvalue weighted by Gasteiger charge is -2.12. The van der Waals surface area contributed by atoms with E-state index in [1.54, 1.807) is 30.3 Å². The number of aliphatic hydroxyl groups is 2. The smallest absolute Gasteiger partial charge is 0.268 e. The van der Waals surface area contributed by atoms with Crippen LogP contribution in [0.25, 0.3) is 5.57 Å². The Morgan fingerprint density at radius 1 is 0.938 bits per heavy atom. The molecule has 0 saturated heterocycles. The molecule has 0 spiro atoms. The standard InChI is InChI=1S/C12H8O4/c13-8-6-9(14)11(15)12(16)10(8)7-4-2-1-3-5-7/h1-6,13,16H. The van der Waals surface area contributed by atoms with Crippen molar-refractivity contribution < 1.29 is 19.8 Å². The van der Waals surface area contributed by atoms with Crippen LogP contribution < -0.4 is 0 Å². The number of aliphatic hydroxyl groups excluding tert-OH is 2. The first kappa shape index (κ1) is 10.2. The van der Waals surface area contributed by atoms with Crippen LogP contribution in [0.1, 0.15) is 5.56 Å². The van der Waals surface area contributed by atoms with Crippen LogP contribution >= 0.6 is 0 Å². The maximum atomic E-state index is 11.2. The zero-order chi connectivity index (χ0) is 11.7. The molecule has 0 aromatic heterocycles. The number of carbonyl (C=O) groups is 2. The van der Waals surface area contributed by atoms with E-state index in [1.807, 2.05) is 0 Å². The maximum absolute atomic E-state index is 11.2. The second kappa shape index (κ2) is 3.66. The van der Waals surface area contributed by atoms with Gasteiger partial charge in [0.15, 0.2) is 5.76 Å². The topological polar surface area (TPSA) is 74.6 Å². The SMILES string of the molecule is O=C1C=C(O)C(c2ccccc2)=C(O)C1=O. The molecular formula is C12H8O4. The summed E-state index contributed by atoms with van der Waals surface area (Å²) in [5.74, 6) is -3.03. The Hall–Kier alpha value is -2.36. The van der Waals surface area contributed by atoms with Gasteiger partial charge >= 0.3 is 0 Å². The normalized spacial score (nSPS) is 16.4. The summed E-state index contributed by atoms with van der Waals surface area (Å²) >= 11 is 0. The van der Waals surface area contributed by atoms with Gasteiger partial charge in [0.1, 0.15) is 5.76 Å². The number of ketones is 2. The quantitative estimate of drug-likeness (QED) is 0.551. The summed E-state index contributed by atoms with van der Waals surface area (Å²) in [6.07, 6.45) is 0.810. The van der Waals surface area contributed by atoms with Crippen molar-refractivity contribution >= 4 is 17.1 Å². The van der Waals surface area contributed by atoms with Gasteiger partial charge in [-0.1, -0.05) is 30.3 Å². The third-order valence-electron chi connectivity index (χ3n) is 2.26. The number of carbonyl (C=O) groups excluding carboxylic acids is 2. The van der Waals surface area contributed by atoms with Gasteiger partial charge < -0.3 is 10.2 Å². The van der Waals surface area contributed by atoms with Crippen molar-refractivity contribution in [3.63, 3.8) is 0 Å². The summed E-state index contributed by atoms with van der Waals surface area (Å²) in [5.41, 5.74) is 0.472. The summed E-state index contributed by atoms with van der Waals surface area (Å²) in [6.45, 7) is 0. The summed E-state index contributed by atoms with van der Waals surface area (Å²) < 4.78 is 0. The van der Waals surface area contributed by atoms with Gasteiger partial charge in [0, 0.05) is 6.08 Å². The van der Waals surface area contributed by atoms with Gasteiger partial charge in [-0.15, -0.1) is 0 Å². The molecule has 0 atom stereocenters. The molecule has 0 aliphatic heterocycles. The molecule has 2 rings (SSSR count). The fraction of sp³-hybridized carbons (Fsp3) is 0. The molecule has 4 nitrogen and oxygen atoms in total. The van der Waals surface area contributed by atoms with Gasteiger partial charge in [-0.05, 0) is 5.56 Å². The minimum Gasteiger partial charge on any atom is -0.507 e. The highest BCUT2D eigenvalue weighted by atomic mass is 16.3. The molecule has 4 heteroatoms. The lowest BCUT2D eigenvalue weighted by Crippen LogP contribution is -2.20. The Balaban J connectivity index is 2.60. The lowest BCUT2D eigenvalue weighted by atomic mass is 9.95. The van der Waals surface area contributed by atoms with Crippen LogP contribution in [0.15, 0.2) is 47.9 Å². The summed E-state index contributed by atoms with van der Waals surface area (Å²) in [4.78, 5) is 22.3. The van der Waals surface area contributed by atoms with Crippen LogP contribution in [0.3, 0.4) is 0 Å². The van der Waals surface area contributed by atoms with E-state index in [-0.39, 0.29) is 5.57 Å². The third kappa shape index (κ3) is 1.50. The highest BCUT2D eigenvalue weighted by Gasteiger charge is 2.28. The van der Waals surface area contributed by atoms with E-state index in [4.69, 9.17) is 0 Å². The van der Waals surface area contributed by atoms with Gasteiger partial charge in [0.2, 0.25) is 5.78 Å². The number of hydrogen-bond donors (Lipinski definition) is 2. The van der Waals surface area contributed by atoms with Crippen molar-refractivity contribution in [3.8, 4) is 0 Å². The first-order valence-electron chi connectivity index (χ1n) is 4.59. The molecule has 80 valence electrons. The van der Waals surface area contributed by atoms with Crippen LogP contribution in [0.4, 0.5) is 0 Å². The zero-order valence-corrected chi connectivity index (χ0v) is 8.18. The Labute approximate surface area is 91.1 Å². The molecule has 1 aliphatic carbocycles. The molecule has 0 radical (unpaired) electrons. The lowest BCUT2D eigenvalue weighted by molar-refractivity contribution is -0.133. The minimum atomic E-state index is -1.00. The number of hydrogen-bond acceptors (Lipinski definition) is 4. The van der Waals surface area contributed by atoms with Crippen molar-refractivity contribution in [1.29, 1.82) is 0 Å². The van der Waals surface area contributed by atoms with E-state index < -0.39 is 23.1 Å². The van der Waals surface area contributed by atoms with Crippen LogP contribution in [-0.4, -0.2) is 21.8 Å².